The Labute approximate surface area is 152 Å². The number of rotatable bonds is 5. The first-order valence-electron chi connectivity index (χ1n) is 8.40. The van der Waals surface area contributed by atoms with Crippen molar-refractivity contribution in [1.29, 1.82) is 0 Å². The van der Waals surface area contributed by atoms with E-state index in [1.165, 1.54) is 25.2 Å². The number of halogens is 1. The van der Waals surface area contributed by atoms with Gasteiger partial charge in [-0.05, 0) is 62.2 Å². The molecule has 1 aliphatic carbocycles. The van der Waals surface area contributed by atoms with Gasteiger partial charge in [-0.2, -0.15) is 0 Å². The smallest absolute Gasteiger partial charge is 0.240 e. The second-order valence-electron chi connectivity index (χ2n) is 6.58. The molecule has 5 nitrogen and oxygen atoms in total. The highest BCUT2D eigenvalue weighted by Gasteiger charge is 2.45. The summed E-state index contributed by atoms with van der Waals surface area (Å²) in [4.78, 5) is 13.1. The SMILES string of the molecule is CNS(=O)(=O)c1cc(NC(=O)C2(c3ccc(F)cc3)CCC2)ccc1C. The molecule has 2 aromatic rings. The molecule has 0 saturated heterocycles. The van der Waals surface area contributed by atoms with Crippen molar-refractivity contribution in [2.45, 2.75) is 36.5 Å². The molecule has 1 aliphatic rings. The lowest BCUT2D eigenvalue weighted by molar-refractivity contribution is -0.124. The van der Waals surface area contributed by atoms with Crippen molar-refractivity contribution in [3.05, 3.63) is 59.4 Å². The van der Waals surface area contributed by atoms with Crippen molar-refractivity contribution in [1.82, 2.24) is 4.72 Å². The van der Waals surface area contributed by atoms with Gasteiger partial charge in [-0.1, -0.05) is 24.6 Å². The van der Waals surface area contributed by atoms with Crippen LogP contribution in [0.15, 0.2) is 47.4 Å². The Kier molecular flexibility index (Phi) is 4.86. The first-order chi connectivity index (χ1) is 12.3. The van der Waals surface area contributed by atoms with Crippen LogP contribution in [0.3, 0.4) is 0 Å². The predicted octanol–water partition coefficient (Wildman–Crippen LogP) is 3.10. The molecule has 0 unspecified atom stereocenters. The van der Waals surface area contributed by atoms with Gasteiger partial charge in [0.15, 0.2) is 0 Å². The summed E-state index contributed by atoms with van der Waals surface area (Å²) in [7, 11) is -2.27. The zero-order valence-corrected chi connectivity index (χ0v) is 15.5. The molecule has 0 spiro atoms. The topological polar surface area (TPSA) is 75.3 Å². The molecular weight excluding hydrogens is 355 g/mol. The number of amides is 1. The van der Waals surface area contributed by atoms with Crippen LogP contribution in [0.1, 0.15) is 30.4 Å². The van der Waals surface area contributed by atoms with Crippen molar-refractivity contribution >= 4 is 21.6 Å². The summed E-state index contributed by atoms with van der Waals surface area (Å²) in [5, 5.41) is 2.84. The standard InChI is InChI=1S/C19H21FN2O3S/c1-13-4-9-16(12-17(13)26(24,25)21-2)22-18(23)19(10-3-11-19)14-5-7-15(20)8-6-14/h4-9,12,21H,3,10-11H2,1-2H3,(H,22,23). The van der Waals surface area contributed by atoms with Crippen LogP contribution in [-0.4, -0.2) is 21.4 Å². The van der Waals surface area contributed by atoms with Crippen LogP contribution in [0.4, 0.5) is 10.1 Å². The maximum atomic E-state index is 13.2. The molecule has 0 bridgehead atoms. The number of hydrogen-bond acceptors (Lipinski definition) is 3. The van der Waals surface area contributed by atoms with E-state index >= 15 is 0 Å². The third-order valence-electron chi connectivity index (χ3n) is 5.04. The van der Waals surface area contributed by atoms with Gasteiger partial charge in [-0.3, -0.25) is 4.79 Å². The van der Waals surface area contributed by atoms with Crippen LogP contribution >= 0.6 is 0 Å². The molecule has 26 heavy (non-hydrogen) atoms. The Balaban J connectivity index is 1.90. The fraction of sp³-hybridized carbons (Fsp3) is 0.316. The highest BCUT2D eigenvalue weighted by atomic mass is 32.2. The molecule has 0 aliphatic heterocycles. The molecule has 3 rings (SSSR count). The van der Waals surface area contributed by atoms with Crippen LogP contribution in [0.5, 0.6) is 0 Å². The Morgan fingerprint density at radius 1 is 1.12 bits per heavy atom. The van der Waals surface area contributed by atoms with E-state index in [9.17, 15) is 17.6 Å². The van der Waals surface area contributed by atoms with Crippen LogP contribution in [0.25, 0.3) is 0 Å². The highest BCUT2D eigenvalue weighted by Crippen LogP contribution is 2.44. The number of hydrogen-bond donors (Lipinski definition) is 2. The summed E-state index contributed by atoms with van der Waals surface area (Å²) >= 11 is 0. The number of carbonyl (C=O) groups excluding carboxylic acids is 1. The number of sulfonamides is 1. The maximum Gasteiger partial charge on any atom is 0.240 e. The molecule has 0 atom stereocenters. The molecular formula is C19H21FN2O3S. The summed E-state index contributed by atoms with van der Waals surface area (Å²) in [6.07, 6.45) is 2.27. The molecule has 2 N–H and O–H groups in total. The molecule has 1 fully saturated rings. The molecule has 1 saturated carbocycles. The van der Waals surface area contributed by atoms with Gasteiger partial charge in [0.05, 0.1) is 10.3 Å². The van der Waals surface area contributed by atoms with Gasteiger partial charge in [0.25, 0.3) is 0 Å². The third kappa shape index (κ3) is 3.24. The van der Waals surface area contributed by atoms with E-state index in [-0.39, 0.29) is 16.6 Å². The lowest BCUT2D eigenvalue weighted by Crippen LogP contribution is -2.46. The fourth-order valence-corrected chi connectivity index (χ4v) is 4.27. The number of anilines is 1. The average molecular weight is 376 g/mol. The van der Waals surface area contributed by atoms with Crippen molar-refractivity contribution < 1.29 is 17.6 Å². The van der Waals surface area contributed by atoms with E-state index in [2.05, 4.69) is 10.0 Å². The van der Waals surface area contributed by atoms with Crippen molar-refractivity contribution in [3.63, 3.8) is 0 Å². The van der Waals surface area contributed by atoms with Gasteiger partial charge in [-0.25, -0.2) is 17.5 Å². The van der Waals surface area contributed by atoms with E-state index in [4.69, 9.17) is 0 Å². The number of carbonyl (C=O) groups is 1. The minimum atomic E-state index is -3.61. The van der Waals surface area contributed by atoms with Crippen molar-refractivity contribution in [3.8, 4) is 0 Å². The van der Waals surface area contributed by atoms with E-state index in [1.807, 2.05) is 0 Å². The second-order valence-corrected chi connectivity index (χ2v) is 8.44. The molecule has 2 aromatic carbocycles. The van der Waals surface area contributed by atoms with Gasteiger partial charge in [0.2, 0.25) is 15.9 Å². The molecule has 0 heterocycles. The average Bonchev–Trinajstić information content (AvgIpc) is 2.57. The van der Waals surface area contributed by atoms with Crippen LogP contribution in [-0.2, 0) is 20.2 Å². The van der Waals surface area contributed by atoms with Crippen molar-refractivity contribution in [2.75, 3.05) is 12.4 Å². The Hall–Kier alpha value is -2.25. The molecule has 0 radical (unpaired) electrons. The van der Waals surface area contributed by atoms with E-state index in [0.717, 1.165) is 12.0 Å². The quantitative estimate of drug-likeness (QED) is 0.842. The van der Waals surface area contributed by atoms with E-state index in [1.54, 1.807) is 31.2 Å². The van der Waals surface area contributed by atoms with E-state index in [0.29, 0.717) is 24.1 Å². The maximum absolute atomic E-state index is 13.2. The predicted molar refractivity (Wildman–Crippen MR) is 98.0 cm³/mol. The second kappa shape index (κ2) is 6.81. The first kappa shape index (κ1) is 18.5. The Morgan fingerprint density at radius 2 is 1.77 bits per heavy atom. The molecule has 7 heteroatoms. The minimum absolute atomic E-state index is 0.127. The Bertz CT molecular complexity index is 936. The first-order valence-corrected chi connectivity index (χ1v) is 9.88. The van der Waals surface area contributed by atoms with Gasteiger partial charge >= 0.3 is 0 Å². The minimum Gasteiger partial charge on any atom is -0.325 e. The van der Waals surface area contributed by atoms with Crippen molar-refractivity contribution in [2.24, 2.45) is 0 Å². The zero-order valence-electron chi connectivity index (χ0n) is 14.7. The van der Waals surface area contributed by atoms with Gasteiger partial charge < -0.3 is 5.32 Å². The highest BCUT2D eigenvalue weighted by molar-refractivity contribution is 7.89. The largest absolute Gasteiger partial charge is 0.325 e. The van der Waals surface area contributed by atoms with Gasteiger partial charge in [0.1, 0.15) is 5.82 Å². The lowest BCUT2D eigenvalue weighted by Gasteiger charge is -2.40. The van der Waals surface area contributed by atoms with Gasteiger partial charge in [0, 0.05) is 5.69 Å². The van der Waals surface area contributed by atoms with Crippen LogP contribution in [0, 0.1) is 12.7 Å². The Morgan fingerprint density at radius 3 is 2.31 bits per heavy atom. The lowest BCUT2D eigenvalue weighted by atomic mass is 9.64. The monoisotopic (exact) mass is 376 g/mol. The zero-order chi connectivity index (χ0) is 18.9. The van der Waals surface area contributed by atoms with Crippen LogP contribution in [0.2, 0.25) is 0 Å². The molecule has 0 aromatic heterocycles. The number of benzene rings is 2. The molecule has 138 valence electrons. The summed E-state index contributed by atoms with van der Waals surface area (Å²) < 4.78 is 39.7. The normalized spacial score (nSPS) is 16.0. The number of nitrogens with one attached hydrogen (secondary N) is 2. The number of aryl methyl sites for hydroxylation is 1. The summed E-state index contributed by atoms with van der Waals surface area (Å²) in [5.74, 6) is -0.545. The molecule has 1 amide bonds. The summed E-state index contributed by atoms with van der Waals surface area (Å²) in [5.41, 5.74) is 1.09. The third-order valence-corrected chi connectivity index (χ3v) is 6.60. The summed E-state index contributed by atoms with van der Waals surface area (Å²) in [6.45, 7) is 1.70. The van der Waals surface area contributed by atoms with Crippen LogP contribution < -0.4 is 10.0 Å². The summed E-state index contributed by atoms with van der Waals surface area (Å²) in [6, 6.07) is 10.8. The van der Waals surface area contributed by atoms with Gasteiger partial charge in [-0.15, -0.1) is 0 Å². The van der Waals surface area contributed by atoms with E-state index < -0.39 is 15.4 Å². The fourth-order valence-electron chi connectivity index (χ4n) is 3.27.